The van der Waals surface area contributed by atoms with E-state index in [1.54, 1.807) is 4.90 Å². The van der Waals surface area contributed by atoms with Gasteiger partial charge >= 0.3 is 6.09 Å². The third kappa shape index (κ3) is 3.99. The summed E-state index contributed by atoms with van der Waals surface area (Å²) < 4.78 is 5.60. The van der Waals surface area contributed by atoms with E-state index in [1.165, 1.54) is 30.4 Å². The number of hydrogen-bond acceptors (Lipinski definition) is 5. The maximum atomic E-state index is 12.7. The van der Waals surface area contributed by atoms with Crippen LogP contribution in [0.15, 0.2) is 30.5 Å². The van der Waals surface area contributed by atoms with Crippen molar-refractivity contribution in [2.45, 2.75) is 76.4 Å². The number of nitrogens with one attached hydrogen (secondary N) is 1. The lowest BCUT2D eigenvalue weighted by atomic mass is 9.90. The van der Waals surface area contributed by atoms with Gasteiger partial charge in [-0.1, -0.05) is 35.9 Å². The smallest absolute Gasteiger partial charge is 0.410 e. The van der Waals surface area contributed by atoms with Gasteiger partial charge in [0.15, 0.2) is 5.15 Å². The van der Waals surface area contributed by atoms with Crippen LogP contribution in [-0.2, 0) is 4.74 Å². The molecule has 1 aliphatic heterocycles. The molecule has 0 spiro atoms. The normalized spacial score (nSPS) is 23.1. The molecule has 1 N–H and O–H groups in total. The molecule has 8 heteroatoms. The van der Waals surface area contributed by atoms with Crippen molar-refractivity contribution in [3.05, 3.63) is 52.6 Å². The van der Waals surface area contributed by atoms with E-state index in [1.807, 2.05) is 27.0 Å². The minimum Gasteiger partial charge on any atom is -0.444 e. The Balaban J connectivity index is 1.24. The molecule has 2 bridgehead atoms. The van der Waals surface area contributed by atoms with Crippen LogP contribution in [0.1, 0.15) is 87.7 Å². The zero-order valence-electron chi connectivity index (χ0n) is 20.3. The predicted octanol–water partition coefficient (Wildman–Crippen LogP) is 6.62. The molecule has 3 heterocycles. The van der Waals surface area contributed by atoms with Crippen molar-refractivity contribution in [3.63, 3.8) is 0 Å². The van der Waals surface area contributed by atoms with E-state index < -0.39 is 5.60 Å². The number of amides is 1. The Hall–Kier alpha value is -2.93. The fraction of sp³-hybridized carbons (Fsp3) is 0.481. The number of carbonyl (C=O) groups excluding carboxylic acids is 1. The van der Waals surface area contributed by atoms with Crippen LogP contribution in [-0.4, -0.2) is 43.3 Å². The van der Waals surface area contributed by atoms with Gasteiger partial charge in [-0.05, 0) is 75.8 Å². The first kappa shape index (κ1) is 22.5. The van der Waals surface area contributed by atoms with Crippen molar-refractivity contribution >= 4 is 17.7 Å². The van der Waals surface area contributed by atoms with Crippen LogP contribution in [0.4, 0.5) is 4.79 Å². The highest BCUT2D eigenvalue weighted by Gasteiger charge is 2.41. The Morgan fingerprint density at radius 3 is 2.51 bits per heavy atom. The summed E-state index contributed by atoms with van der Waals surface area (Å²) in [5.74, 6) is 1.88. The Labute approximate surface area is 210 Å². The van der Waals surface area contributed by atoms with E-state index in [9.17, 15) is 4.79 Å². The fourth-order valence-electron chi connectivity index (χ4n) is 6.01. The van der Waals surface area contributed by atoms with E-state index in [4.69, 9.17) is 16.3 Å². The van der Waals surface area contributed by atoms with Crippen LogP contribution in [0.25, 0.3) is 22.5 Å². The Morgan fingerprint density at radius 2 is 1.77 bits per heavy atom. The molecular formula is C27H30ClN5O2. The Morgan fingerprint density at radius 1 is 1.06 bits per heavy atom. The van der Waals surface area contributed by atoms with Gasteiger partial charge in [0.1, 0.15) is 11.4 Å². The number of hydrogen-bond donors (Lipinski definition) is 1. The number of aromatic nitrogens is 4. The topological polar surface area (TPSA) is 84.0 Å². The van der Waals surface area contributed by atoms with Gasteiger partial charge in [0.05, 0.1) is 23.6 Å². The number of fused-ring (bicyclic) bond motifs is 5. The highest BCUT2D eigenvalue weighted by molar-refractivity contribution is 6.30. The van der Waals surface area contributed by atoms with Gasteiger partial charge in [0.2, 0.25) is 0 Å². The molecule has 0 radical (unpaired) electrons. The quantitative estimate of drug-likeness (QED) is 0.444. The highest BCUT2D eigenvalue weighted by Crippen LogP contribution is 2.56. The number of rotatable bonds is 3. The van der Waals surface area contributed by atoms with Crippen LogP contribution >= 0.6 is 11.6 Å². The SMILES string of the molecule is CC(C)(C)OC(=O)N1CCCC1c1ncc(-c2ccc(-c3nnc(Cl)c4c3C3CCC4C3)cc2)[nH]1. The molecule has 7 nitrogen and oxygen atoms in total. The molecule has 2 aromatic heterocycles. The minimum absolute atomic E-state index is 0.0970. The molecule has 1 aromatic carbocycles. The van der Waals surface area contributed by atoms with E-state index in [-0.39, 0.29) is 12.1 Å². The molecule has 1 amide bonds. The minimum atomic E-state index is -0.519. The van der Waals surface area contributed by atoms with Gasteiger partial charge in [0, 0.05) is 17.7 Å². The number of imidazole rings is 1. The van der Waals surface area contributed by atoms with Crippen LogP contribution in [0.2, 0.25) is 5.15 Å². The average Bonchev–Trinajstić information content (AvgIpc) is 3.62. The van der Waals surface area contributed by atoms with Crippen molar-refractivity contribution in [1.82, 2.24) is 25.1 Å². The molecular weight excluding hydrogens is 462 g/mol. The predicted molar refractivity (Wildman–Crippen MR) is 134 cm³/mol. The van der Waals surface area contributed by atoms with Crippen LogP contribution < -0.4 is 0 Å². The first-order valence-electron chi connectivity index (χ1n) is 12.5. The largest absolute Gasteiger partial charge is 0.444 e. The standard InChI is InChI=1S/C27H30ClN5O2/c1-27(2,3)35-26(34)33-12-4-5-20(33)25-29-14-19(30-25)15-6-8-16(9-7-15)23-21-17-10-11-18(13-17)22(21)24(28)32-31-23/h6-9,14,17-18,20H,4-5,10-13H2,1-3H3,(H,29,30). The van der Waals surface area contributed by atoms with Crippen molar-refractivity contribution < 1.29 is 9.53 Å². The summed E-state index contributed by atoms with van der Waals surface area (Å²) >= 11 is 6.43. The molecule has 3 unspecified atom stereocenters. The maximum absolute atomic E-state index is 12.7. The zero-order valence-corrected chi connectivity index (χ0v) is 21.1. The summed E-state index contributed by atoms with van der Waals surface area (Å²) in [7, 11) is 0. The first-order chi connectivity index (χ1) is 16.8. The lowest BCUT2D eigenvalue weighted by molar-refractivity contribution is 0.0218. The number of carbonyl (C=O) groups is 1. The highest BCUT2D eigenvalue weighted by atomic mass is 35.5. The monoisotopic (exact) mass is 491 g/mol. The lowest BCUT2D eigenvalue weighted by Gasteiger charge is -2.27. The van der Waals surface area contributed by atoms with Gasteiger partial charge in [-0.3, -0.25) is 4.90 Å². The van der Waals surface area contributed by atoms with Crippen molar-refractivity contribution in [3.8, 4) is 22.5 Å². The number of ether oxygens (including phenoxy) is 1. The van der Waals surface area contributed by atoms with Crippen molar-refractivity contribution in [2.75, 3.05) is 6.54 Å². The summed E-state index contributed by atoms with van der Waals surface area (Å²) in [4.78, 5) is 22.5. The average molecular weight is 492 g/mol. The number of H-pyrrole nitrogens is 1. The molecule has 3 aliphatic rings. The molecule has 35 heavy (non-hydrogen) atoms. The molecule has 2 aliphatic carbocycles. The van der Waals surface area contributed by atoms with E-state index >= 15 is 0 Å². The Bertz CT molecular complexity index is 1280. The maximum Gasteiger partial charge on any atom is 0.410 e. The number of benzene rings is 1. The number of likely N-dealkylation sites (tertiary alicyclic amines) is 1. The second kappa shape index (κ2) is 8.33. The molecule has 1 saturated heterocycles. The van der Waals surface area contributed by atoms with Gasteiger partial charge in [-0.25, -0.2) is 9.78 Å². The van der Waals surface area contributed by atoms with E-state index in [0.29, 0.717) is 23.5 Å². The lowest BCUT2D eigenvalue weighted by Crippen LogP contribution is -2.36. The molecule has 1 saturated carbocycles. The first-order valence-corrected chi connectivity index (χ1v) is 12.9. The van der Waals surface area contributed by atoms with Gasteiger partial charge < -0.3 is 9.72 Å². The summed E-state index contributed by atoms with van der Waals surface area (Å²) in [5, 5.41) is 9.34. The second-order valence-corrected chi connectivity index (χ2v) is 11.3. The van der Waals surface area contributed by atoms with Crippen LogP contribution in [0, 0.1) is 0 Å². The third-order valence-electron chi connectivity index (χ3n) is 7.52. The van der Waals surface area contributed by atoms with Crippen molar-refractivity contribution in [2.24, 2.45) is 0 Å². The van der Waals surface area contributed by atoms with Gasteiger partial charge in [-0.2, -0.15) is 0 Å². The van der Waals surface area contributed by atoms with Gasteiger partial charge in [0.25, 0.3) is 0 Å². The molecule has 3 atom stereocenters. The number of aromatic amines is 1. The molecule has 6 rings (SSSR count). The fourth-order valence-corrected chi connectivity index (χ4v) is 6.31. The summed E-state index contributed by atoms with van der Waals surface area (Å²) in [5.41, 5.74) is 6.00. The number of halogens is 1. The summed E-state index contributed by atoms with van der Waals surface area (Å²) in [6, 6.07) is 8.27. The zero-order chi connectivity index (χ0) is 24.3. The summed E-state index contributed by atoms with van der Waals surface area (Å²) in [6.45, 7) is 6.34. The summed E-state index contributed by atoms with van der Waals surface area (Å²) in [6.07, 6.45) is 6.95. The third-order valence-corrected chi connectivity index (χ3v) is 7.79. The second-order valence-electron chi connectivity index (χ2n) is 11.0. The van der Waals surface area contributed by atoms with Gasteiger partial charge in [-0.15, -0.1) is 10.2 Å². The van der Waals surface area contributed by atoms with Crippen LogP contribution in [0.5, 0.6) is 0 Å². The number of nitrogens with zero attached hydrogens (tertiary/aromatic N) is 4. The Kier molecular flexibility index (Phi) is 5.36. The van der Waals surface area contributed by atoms with E-state index in [0.717, 1.165) is 41.2 Å². The van der Waals surface area contributed by atoms with Crippen LogP contribution in [0.3, 0.4) is 0 Å². The molecule has 3 aromatic rings. The van der Waals surface area contributed by atoms with Crippen molar-refractivity contribution in [1.29, 1.82) is 0 Å². The molecule has 2 fully saturated rings. The van der Waals surface area contributed by atoms with E-state index in [2.05, 4.69) is 44.4 Å². The molecule has 182 valence electrons.